The molecule has 1 N–H and O–H groups in total. The maximum absolute atomic E-state index is 13.1. The second kappa shape index (κ2) is 7.71. The number of halogens is 3. The molecule has 0 aliphatic carbocycles. The highest BCUT2D eigenvalue weighted by molar-refractivity contribution is 7.99. The number of hydrogen-bond donors (Lipinski definition) is 1. The van der Waals surface area contributed by atoms with Crippen LogP contribution in [0.3, 0.4) is 0 Å². The van der Waals surface area contributed by atoms with E-state index in [-0.39, 0.29) is 17.9 Å². The van der Waals surface area contributed by atoms with E-state index in [1.54, 1.807) is 6.07 Å². The number of nitrogens with one attached hydrogen (secondary N) is 1. The van der Waals surface area contributed by atoms with Gasteiger partial charge in [-0.2, -0.15) is 24.9 Å². The summed E-state index contributed by atoms with van der Waals surface area (Å²) in [5.41, 5.74) is 0.849. The molecule has 0 spiro atoms. The van der Waals surface area contributed by atoms with Gasteiger partial charge in [0.15, 0.2) is 0 Å². The van der Waals surface area contributed by atoms with Gasteiger partial charge in [0.05, 0.1) is 11.5 Å². The molecule has 2 heterocycles. The van der Waals surface area contributed by atoms with Crippen molar-refractivity contribution < 1.29 is 18.0 Å². The number of carbonyl (C=O) groups excluding carboxylic acids is 1. The summed E-state index contributed by atoms with van der Waals surface area (Å²) in [6.45, 7) is 5.58. The predicted octanol–water partition coefficient (Wildman–Crippen LogP) is 3.96. The van der Waals surface area contributed by atoms with Crippen molar-refractivity contribution in [2.24, 2.45) is 11.8 Å². The molecule has 2 aliphatic rings. The minimum atomic E-state index is -4.36. The van der Waals surface area contributed by atoms with Crippen molar-refractivity contribution in [2.45, 2.75) is 38.9 Å². The van der Waals surface area contributed by atoms with Gasteiger partial charge in [-0.25, -0.2) is 0 Å². The normalized spacial score (nSPS) is 22.8. The highest BCUT2D eigenvalue weighted by atomic mass is 32.2. The molecule has 3 rings (SSSR count). The first-order valence-corrected chi connectivity index (χ1v) is 10.2. The quantitative estimate of drug-likeness (QED) is 0.850. The maximum atomic E-state index is 13.1. The molecular weight excluding hydrogens is 361 g/mol. The van der Waals surface area contributed by atoms with E-state index >= 15 is 0 Å². The number of benzene rings is 1. The molecular formula is C19H25F3N2OS. The van der Waals surface area contributed by atoms with Crippen molar-refractivity contribution in [1.82, 2.24) is 5.32 Å². The molecule has 144 valence electrons. The van der Waals surface area contributed by atoms with Crippen LogP contribution in [-0.4, -0.2) is 36.5 Å². The number of amides is 1. The van der Waals surface area contributed by atoms with Gasteiger partial charge in [-0.05, 0) is 42.5 Å². The fourth-order valence-electron chi connectivity index (χ4n) is 3.72. The smallest absolute Gasteiger partial charge is 0.366 e. The first-order valence-electron chi connectivity index (χ1n) is 9.09. The van der Waals surface area contributed by atoms with Crippen LogP contribution in [0.25, 0.3) is 0 Å². The molecule has 0 radical (unpaired) electrons. The van der Waals surface area contributed by atoms with Gasteiger partial charge in [0, 0.05) is 36.3 Å². The Bertz CT molecular complexity index is 663. The molecule has 0 aromatic heterocycles. The van der Waals surface area contributed by atoms with Gasteiger partial charge in [-0.3, -0.25) is 4.79 Å². The Morgan fingerprint density at radius 3 is 2.85 bits per heavy atom. The molecule has 1 fully saturated rings. The van der Waals surface area contributed by atoms with Crippen LogP contribution >= 0.6 is 11.8 Å². The van der Waals surface area contributed by atoms with E-state index in [2.05, 4.69) is 24.1 Å². The Kier molecular flexibility index (Phi) is 5.75. The first kappa shape index (κ1) is 19.4. The number of rotatable bonds is 4. The van der Waals surface area contributed by atoms with Crippen molar-refractivity contribution in [3.05, 3.63) is 29.3 Å². The van der Waals surface area contributed by atoms with Gasteiger partial charge >= 0.3 is 6.18 Å². The van der Waals surface area contributed by atoms with E-state index in [0.29, 0.717) is 24.4 Å². The summed E-state index contributed by atoms with van der Waals surface area (Å²) in [6, 6.07) is 4.01. The Labute approximate surface area is 156 Å². The number of thioether (sulfide) groups is 1. The van der Waals surface area contributed by atoms with Crippen LogP contribution in [-0.2, 0) is 17.4 Å². The second-order valence-electron chi connectivity index (χ2n) is 7.46. The fraction of sp³-hybridized carbons (Fsp3) is 0.632. The molecule has 3 nitrogen and oxygen atoms in total. The minimum Gasteiger partial charge on any atom is -0.366 e. The Morgan fingerprint density at radius 1 is 1.38 bits per heavy atom. The lowest BCUT2D eigenvalue weighted by Crippen LogP contribution is -2.55. The number of alkyl halides is 3. The predicted molar refractivity (Wildman–Crippen MR) is 99.6 cm³/mol. The molecule has 0 saturated carbocycles. The molecule has 7 heteroatoms. The summed E-state index contributed by atoms with van der Waals surface area (Å²) in [6.07, 6.45) is -3.09. The van der Waals surface area contributed by atoms with Crippen molar-refractivity contribution >= 4 is 23.4 Å². The second-order valence-corrected chi connectivity index (χ2v) is 8.61. The lowest BCUT2D eigenvalue weighted by atomic mass is 9.84. The monoisotopic (exact) mass is 386 g/mol. The van der Waals surface area contributed by atoms with Gasteiger partial charge in [0.1, 0.15) is 0 Å². The zero-order chi connectivity index (χ0) is 18.9. The van der Waals surface area contributed by atoms with Gasteiger partial charge < -0.3 is 10.2 Å². The molecule has 1 amide bonds. The number of nitrogens with zero attached hydrogens (tertiary/aromatic N) is 1. The third kappa shape index (κ3) is 4.13. The third-order valence-electron chi connectivity index (χ3n) is 5.14. The standard InChI is InChI=1S/C19H25F3N2OS/c1-12(2)5-6-23-18(25)15-10-13-9-14(19(20,21)22)3-4-16(13)24-7-8-26-11-17(15)24/h3-4,9,12,15,17H,5-8,10-11H2,1-2H3,(H,23,25)/t15-,17+/m0/s1. The maximum Gasteiger partial charge on any atom is 0.416 e. The van der Waals surface area contributed by atoms with Crippen molar-refractivity contribution in [3.8, 4) is 0 Å². The summed E-state index contributed by atoms with van der Waals surface area (Å²) in [4.78, 5) is 14.9. The zero-order valence-corrected chi connectivity index (χ0v) is 15.9. The molecule has 0 bridgehead atoms. The molecule has 2 atom stereocenters. The van der Waals surface area contributed by atoms with Crippen LogP contribution < -0.4 is 10.2 Å². The van der Waals surface area contributed by atoms with E-state index in [0.717, 1.165) is 36.2 Å². The largest absolute Gasteiger partial charge is 0.416 e. The third-order valence-corrected chi connectivity index (χ3v) is 6.19. The average Bonchev–Trinajstić information content (AvgIpc) is 2.59. The lowest BCUT2D eigenvalue weighted by Gasteiger charge is -2.45. The molecule has 2 aliphatic heterocycles. The molecule has 1 aromatic carbocycles. The molecule has 26 heavy (non-hydrogen) atoms. The summed E-state index contributed by atoms with van der Waals surface area (Å²) < 4.78 is 39.3. The highest BCUT2D eigenvalue weighted by Crippen LogP contribution is 2.40. The van der Waals surface area contributed by atoms with E-state index in [1.807, 2.05) is 11.8 Å². The van der Waals surface area contributed by atoms with E-state index in [1.165, 1.54) is 6.07 Å². The van der Waals surface area contributed by atoms with Gasteiger partial charge in [-0.1, -0.05) is 13.8 Å². The summed E-state index contributed by atoms with van der Waals surface area (Å²) in [5, 5.41) is 3.00. The van der Waals surface area contributed by atoms with Gasteiger partial charge in [0.25, 0.3) is 0 Å². The highest BCUT2D eigenvalue weighted by Gasteiger charge is 2.41. The van der Waals surface area contributed by atoms with Gasteiger partial charge in [0.2, 0.25) is 5.91 Å². The first-order chi connectivity index (χ1) is 12.3. The van der Waals surface area contributed by atoms with Crippen molar-refractivity contribution in [2.75, 3.05) is 29.5 Å². The van der Waals surface area contributed by atoms with Crippen LogP contribution in [0.4, 0.5) is 18.9 Å². The zero-order valence-electron chi connectivity index (χ0n) is 15.1. The minimum absolute atomic E-state index is 0.0359. The average molecular weight is 386 g/mol. The Morgan fingerprint density at radius 2 is 2.15 bits per heavy atom. The van der Waals surface area contributed by atoms with E-state index in [4.69, 9.17) is 0 Å². The summed E-state index contributed by atoms with van der Waals surface area (Å²) in [5.74, 6) is 1.93. The van der Waals surface area contributed by atoms with Crippen molar-refractivity contribution in [1.29, 1.82) is 0 Å². The number of carbonyl (C=O) groups is 1. The fourth-order valence-corrected chi connectivity index (χ4v) is 4.86. The molecule has 0 unspecified atom stereocenters. The lowest BCUT2D eigenvalue weighted by molar-refractivity contribution is -0.137. The number of fused-ring (bicyclic) bond motifs is 3. The molecule has 1 aromatic rings. The van der Waals surface area contributed by atoms with Crippen LogP contribution in [0.15, 0.2) is 18.2 Å². The Hall–Kier alpha value is -1.37. The van der Waals surface area contributed by atoms with E-state index in [9.17, 15) is 18.0 Å². The Balaban J connectivity index is 1.85. The van der Waals surface area contributed by atoms with E-state index < -0.39 is 11.7 Å². The number of anilines is 1. The summed E-state index contributed by atoms with van der Waals surface area (Å²) >= 11 is 1.81. The van der Waals surface area contributed by atoms with Crippen LogP contribution in [0, 0.1) is 11.8 Å². The van der Waals surface area contributed by atoms with Gasteiger partial charge in [-0.15, -0.1) is 0 Å². The summed E-state index contributed by atoms with van der Waals surface area (Å²) in [7, 11) is 0. The van der Waals surface area contributed by atoms with Crippen LogP contribution in [0.2, 0.25) is 0 Å². The SMILES string of the molecule is CC(C)CCNC(=O)[C@H]1Cc2cc(C(F)(F)F)ccc2N2CCSC[C@H]12. The molecule has 1 saturated heterocycles. The van der Waals surface area contributed by atoms with Crippen molar-refractivity contribution in [3.63, 3.8) is 0 Å². The topological polar surface area (TPSA) is 32.3 Å². The van der Waals surface area contributed by atoms with Crippen LogP contribution in [0.1, 0.15) is 31.4 Å². The number of hydrogen-bond acceptors (Lipinski definition) is 3. The van der Waals surface area contributed by atoms with Crippen LogP contribution in [0.5, 0.6) is 0 Å².